The summed E-state index contributed by atoms with van der Waals surface area (Å²) in [5.74, 6) is 0.0284. The zero-order chi connectivity index (χ0) is 21.3. The molecule has 0 bridgehead atoms. The van der Waals surface area contributed by atoms with E-state index in [1.165, 1.54) is 18.2 Å². The van der Waals surface area contributed by atoms with Crippen LogP contribution in [0, 0.1) is 5.82 Å². The Bertz CT molecular complexity index is 996. The molecule has 0 amide bonds. The van der Waals surface area contributed by atoms with Crippen LogP contribution in [0.3, 0.4) is 0 Å². The fourth-order valence-electron chi connectivity index (χ4n) is 2.51. The van der Waals surface area contributed by atoms with Gasteiger partial charge in [-0.15, -0.1) is 10.2 Å². The van der Waals surface area contributed by atoms with Crippen LogP contribution >= 0.6 is 0 Å². The summed E-state index contributed by atoms with van der Waals surface area (Å²) in [6, 6.07) is 12.7. The molecule has 1 heterocycles. The van der Waals surface area contributed by atoms with E-state index < -0.39 is 11.8 Å². The molecular formula is C22H22FN3O4. The highest BCUT2D eigenvalue weighted by Gasteiger charge is 2.21. The molecule has 8 heteroatoms. The molecule has 0 fully saturated rings. The van der Waals surface area contributed by atoms with Crippen molar-refractivity contribution in [2.45, 2.75) is 26.7 Å². The zero-order valence-corrected chi connectivity index (χ0v) is 16.8. The number of carbonyl (C=O) groups excluding carboxylic acids is 1. The molecule has 0 saturated carbocycles. The summed E-state index contributed by atoms with van der Waals surface area (Å²) in [5, 5.41) is 7.83. The van der Waals surface area contributed by atoms with Crippen molar-refractivity contribution in [1.29, 1.82) is 0 Å². The van der Waals surface area contributed by atoms with Gasteiger partial charge in [0.15, 0.2) is 5.82 Å². The minimum Gasteiger partial charge on any atom is -0.494 e. The number of hydrogen-bond donors (Lipinski definition) is 0. The first-order valence-electron chi connectivity index (χ1n) is 9.69. The molecule has 0 radical (unpaired) electrons. The van der Waals surface area contributed by atoms with Crippen molar-refractivity contribution in [2.75, 3.05) is 13.2 Å². The quantitative estimate of drug-likeness (QED) is 0.368. The first kappa shape index (κ1) is 21.2. The summed E-state index contributed by atoms with van der Waals surface area (Å²) in [5.41, 5.74) is 0.239. The van der Waals surface area contributed by atoms with Gasteiger partial charge in [-0.05, 0) is 49.7 Å². The molecule has 0 saturated heterocycles. The van der Waals surface area contributed by atoms with Crippen molar-refractivity contribution < 1.29 is 23.4 Å². The average molecular weight is 411 g/mol. The van der Waals surface area contributed by atoms with Crippen LogP contribution in [-0.4, -0.2) is 34.4 Å². The summed E-state index contributed by atoms with van der Waals surface area (Å²) >= 11 is 0. The minimum absolute atomic E-state index is 0.0811. The molecule has 7 nitrogen and oxygen atoms in total. The number of esters is 1. The third-order valence-corrected chi connectivity index (χ3v) is 4.01. The number of rotatable bonds is 9. The lowest BCUT2D eigenvalue weighted by atomic mass is 10.2. The fraction of sp³-hybridized carbons (Fsp3) is 0.273. The maximum atomic E-state index is 13.6. The van der Waals surface area contributed by atoms with Crippen LogP contribution in [0.25, 0.3) is 11.4 Å². The van der Waals surface area contributed by atoms with Gasteiger partial charge in [0.25, 0.3) is 5.88 Å². The Balaban J connectivity index is 1.88. The van der Waals surface area contributed by atoms with Crippen LogP contribution in [0.5, 0.6) is 17.4 Å². The van der Waals surface area contributed by atoms with Gasteiger partial charge >= 0.3 is 5.97 Å². The predicted octanol–water partition coefficient (Wildman–Crippen LogP) is 4.83. The van der Waals surface area contributed by atoms with Crippen LogP contribution in [0.4, 0.5) is 4.39 Å². The van der Waals surface area contributed by atoms with Crippen molar-refractivity contribution in [1.82, 2.24) is 15.2 Å². The molecule has 3 rings (SSSR count). The summed E-state index contributed by atoms with van der Waals surface area (Å²) in [6.45, 7) is 4.57. The second-order valence-corrected chi connectivity index (χ2v) is 6.30. The third-order valence-electron chi connectivity index (χ3n) is 4.01. The molecular weight excluding hydrogens is 389 g/mol. The van der Waals surface area contributed by atoms with Gasteiger partial charge in [0.1, 0.15) is 17.3 Å². The Labute approximate surface area is 173 Å². The van der Waals surface area contributed by atoms with Gasteiger partial charge in [-0.25, -0.2) is 9.18 Å². The summed E-state index contributed by atoms with van der Waals surface area (Å²) in [4.78, 5) is 16.5. The molecule has 2 aromatic carbocycles. The normalized spacial score (nSPS) is 10.5. The van der Waals surface area contributed by atoms with E-state index in [1.54, 1.807) is 37.3 Å². The number of halogens is 1. The standard InChI is InChI=1S/C22H22FN3O4/c1-3-5-13-29-17-9-11-18(12-10-17)30-21-19(22(27)28-4-2)25-26-20(24-21)15-7-6-8-16(23)14-15/h6-12,14H,3-5,13H2,1-2H3. The number of hydrogen-bond acceptors (Lipinski definition) is 7. The Hall–Kier alpha value is -3.55. The van der Waals surface area contributed by atoms with Crippen LogP contribution in [0.1, 0.15) is 37.2 Å². The summed E-state index contributed by atoms with van der Waals surface area (Å²) in [7, 11) is 0. The molecule has 0 spiro atoms. The fourth-order valence-corrected chi connectivity index (χ4v) is 2.51. The first-order chi connectivity index (χ1) is 14.6. The van der Waals surface area contributed by atoms with Crippen LogP contribution in [0.15, 0.2) is 48.5 Å². The molecule has 3 aromatic rings. The average Bonchev–Trinajstić information content (AvgIpc) is 2.75. The van der Waals surface area contributed by atoms with Gasteiger partial charge in [0.05, 0.1) is 13.2 Å². The maximum Gasteiger partial charge on any atom is 0.364 e. The Kier molecular flexibility index (Phi) is 7.26. The summed E-state index contributed by atoms with van der Waals surface area (Å²) < 4.78 is 30.0. The van der Waals surface area contributed by atoms with E-state index >= 15 is 0 Å². The highest BCUT2D eigenvalue weighted by molar-refractivity contribution is 5.89. The number of carbonyl (C=O) groups is 1. The second-order valence-electron chi connectivity index (χ2n) is 6.30. The van der Waals surface area contributed by atoms with Gasteiger partial charge < -0.3 is 14.2 Å². The molecule has 0 N–H and O–H groups in total. The van der Waals surface area contributed by atoms with Crippen molar-refractivity contribution in [3.05, 3.63) is 60.0 Å². The Morgan fingerprint density at radius 2 is 1.80 bits per heavy atom. The van der Waals surface area contributed by atoms with Crippen molar-refractivity contribution in [3.8, 4) is 28.8 Å². The highest BCUT2D eigenvalue weighted by atomic mass is 19.1. The van der Waals surface area contributed by atoms with E-state index in [-0.39, 0.29) is 24.0 Å². The van der Waals surface area contributed by atoms with Crippen LogP contribution in [0.2, 0.25) is 0 Å². The Morgan fingerprint density at radius 1 is 1.03 bits per heavy atom. The summed E-state index contributed by atoms with van der Waals surface area (Å²) in [6.07, 6.45) is 2.02. The molecule has 156 valence electrons. The lowest BCUT2D eigenvalue weighted by Gasteiger charge is -2.11. The van der Waals surface area contributed by atoms with Gasteiger partial charge in [0, 0.05) is 5.56 Å². The maximum absolute atomic E-state index is 13.6. The van der Waals surface area contributed by atoms with Gasteiger partial charge in [0.2, 0.25) is 5.69 Å². The topological polar surface area (TPSA) is 83.4 Å². The lowest BCUT2D eigenvalue weighted by Crippen LogP contribution is -2.12. The van der Waals surface area contributed by atoms with Crippen molar-refractivity contribution in [2.24, 2.45) is 0 Å². The molecule has 0 aliphatic heterocycles. The van der Waals surface area contributed by atoms with Crippen LogP contribution < -0.4 is 9.47 Å². The lowest BCUT2D eigenvalue weighted by molar-refractivity contribution is 0.0514. The molecule has 30 heavy (non-hydrogen) atoms. The first-order valence-corrected chi connectivity index (χ1v) is 9.69. The number of nitrogens with zero attached hydrogens (tertiary/aromatic N) is 3. The highest BCUT2D eigenvalue weighted by Crippen LogP contribution is 2.27. The molecule has 0 unspecified atom stereocenters. The Morgan fingerprint density at radius 3 is 2.50 bits per heavy atom. The number of benzene rings is 2. The van der Waals surface area contributed by atoms with E-state index in [1.807, 2.05) is 0 Å². The second kappa shape index (κ2) is 10.3. The largest absolute Gasteiger partial charge is 0.494 e. The molecule has 1 aromatic heterocycles. The smallest absolute Gasteiger partial charge is 0.364 e. The molecule has 0 aliphatic rings. The molecule has 0 aliphatic carbocycles. The van der Waals surface area contributed by atoms with E-state index in [0.717, 1.165) is 12.8 Å². The third kappa shape index (κ3) is 5.50. The monoisotopic (exact) mass is 411 g/mol. The van der Waals surface area contributed by atoms with Crippen LogP contribution in [-0.2, 0) is 4.74 Å². The number of aromatic nitrogens is 3. The van der Waals surface area contributed by atoms with Crippen molar-refractivity contribution >= 4 is 5.97 Å². The predicted molar refractivity (Wildman–Crippen MR) is 108 cm³/mol. The van der Waals surface area contributed by atoms with Crippen molar-refractivity contribution in [3.63, 3.8) is 0 Å². The van der Waals surface area contributed by atoms with Gasteiger partial charge in [-0.3, -0.25) is 0 Å². The van der Waals surface area contributed by atoms with E-state index in [2.05, 4.69) is 22.1 Å². The van der Waals surface area contributed by atoms with E-state index in [9.17, 15) is 9.18 Å². The van der Waals surface area contributed by atoms with Gasteiger partial charge in [-0.2, -0.15) is 4.98 Å². The SMILES string of the molecule is CCCCOc1ccc(Oc2nc(-c3cccc(F)c3)nnc2C(=O)OCC)cc1. The van der Waals surface area contributed by atoms with Gasteiger partial charge in [-0.1, -0.05) is 25.5 Å². The number of unbranched alkanes of at least 4 members (excludes halogenated alkanes) is 1. The van der Waals surface area contributed by atoms with E-state index in [4.69, 9.17) is 14.2 Å². The zero-order valence-electron chi connectivity index (χ0n) is 16.8. The number of ether oxygens (including phenoxy) is 3. The molecule has 0 atom stereocenters. The van der Waals surface area contributed by atoms with E-state index in [0.29, 0.717) is 23.7 Å². The minimum atomic E-state index is -0.710.